The molecule has 1 atom stereocenters. The number of aryl methyl sites for hydroxylation is 1. The predicted molar refractivity (Wildman–Crippen MR) is 51.3 cm³/mol. The Labute approximate surface area is 78.2 Å². The van der Waals surface area contributed by atoms with Gasteiger partial charge in [0.25, 0.3) is 0 Å². The highest BCUT2D eigenvalue weighted by molar-refractivity contribution is 5.42. The summed E-state index contributed by atoms with van der Waals surface area (Å²) < 4.78 is 0. The molecule has 1 N–H and O–H groups in total. The van der Waals surface area contributed by atoms with Crippen LogP contribution in [0.15, 0.2) is 18.2 Å². The molecular formula is C11H12N2. The van der Waals surface area contributed by atoms with E-state index in [1.54, 1.807) is 0 Å². The fourth-order valence-electron chi connectivity index (χ4n) is 1.97. The number of nitrogens with one attached hydrogen (secondary N) is 1. The van der Waals surface area contributed by atoms with Crippen LogP contribution in [0.4, 0.5) is 0 Å². The number of fused-ring (bicyclic) bond motifs is 1. The minimum absolute atomic E-state index is 0.447. The molecule has 0 aliphatic heterocycles. The standard InChI is InChI=1S/C11H12N2/c1-13-11-5-4-9-3-2-8(7-12)6-10(9)11/h2-3,6,11,13H,4-5H2,1H3. The van der Waals surface area contributed by atoms with Gasteiger partial charge >= 0.3 is 0 Å². The zero-order valence-corrected chi connectivity index (χ0v) is 7.67. The van der Waals surface area contributed by atoms with Gasteiger partial charge in [0.1, 0.15) is 0 Å². The summed E-state index contributed by atoms with van der Waals surface area (Å²) in [5.41, 5.74) is 3.46. The molecule has 0 spiro atoms. The van der Waals surface area contributed by atoms with Crippen LogP contribution in [-0.4, -0.2) is 7.05 Å². The van der Waals surface area contributed by atoms with Gasteiger partial charge in [0, 0.05) is 6.04 Å². The first-order chi connectivity index (χ1) is 6.35. The zero-order chi connectivity index (χ0) is 9.26. The Morgan fingerprint density at radius 3 is 3.08 bits per heavy atom. The Morgan fingerprint density at radius 1 is 1.54 bits per heavy atom. The van der Waals surface area contributed by atoms with E-state index in [4.69, 9.17) is 5.26 Å². The van der Waals surface area contributed by atoms with Crippen LogP contribution < -0.4 is 5.32 Å². The van der Waals surface area contributed by atoms with Crippen LogP contribution >= 0.6 is 0 Å². The Morgan fingerprint density at radius 2 is 2.38 bits per heavy atom. The van der Waals surface area contributed by atoms with Crippen LogP contribution in [0.3, 0.4) is 0 Å². The number of rotatable bonds is 1. The number of nitrogens with zero attached hydrogens (tertiary/aromatic N) is 1. The van der Waals surface area contributed by atoms with Crippen molar-refractivity contribution in [1.82, 2.24) is 5.32 Å². The van der Waals surface area contributed by atoms with Crippen molar-refractivity contribution in [2.75, 3.05) is 7.05 Å². The van der Waals surface area contributed by atoms with Crippen LogP contribution in [0.2, 0.25) is 0 Å². The normalized spacial score (nSPS) is 19.5. The average Bonchev–Trinajstić information content (AvgIpc) is 2.59. The molecule has 1 unspecified atom stereocenters. The Kier molecular flexibility index (Phi) is 2.03. The minimum Gasteiger partial charge on any atom is -0.313 e. The minimum atomic E-state index is 0.447. The first kappa shape index (κ1) is 8.28. The summed E-state index contributed by atoms with van der Waals surface area (Å²) in [5, 5.41) is 12.0. The van der Waals surface area contributed by atoms with Crippen molar-refractivity contribution >= 4 is 0 Å². The van der Waals surface area contributed by atoms with Gasteiger partial charge in [-0.15, -0.1) is 0 Å². The van der Waals surface area contributed by atoms with Gasteiger partial charge in [0.15, 0.2) is 0 Å². The molecule has 2 rings (SSSR count). The number of benzene rings is 1. The van der Waals surface area contributed by atoms with Gasteiger partial charge in [-0.3, -0.25) is 0 Å². The van der Waals surface area contributed by atoms with E-state index in [1.807, 2.05) is 19.2 Å². The molecule has 0 amide bonds. The molecule has 2 nitrogen and oxygen atoms in total. The van der Waals surface area contributed by atoms with Crippen molar-refractivity contribution in [3.63, 3.8) is 0 Å². The summed E-state index contributed by atoms with van der Waals surface area (Å²) in [7, 11) is 1.97. The lowest BCUT2D eigenvalue weighted by Gasteiger charge is -2.09. The van der Waals surface area contributed by atoms with Crippen LogP contribution in [0.1, 0.15) is 29.2 Å². The zero-order valence-electron chi connectivity index (χ0n) is 7.67. The molecule has 0 fully saturated rings. The highest BCUT2D eigenvalue weighted by atomic mass is 14.9. The molecule has 1 aromatic rings. The van der Waals surface area contributed by atoms with E-state index >= 15 is 0 Å². The maximum atomic E-state index is 8.76. The Hall–Kier alpha value is -1.33. The van der Waals surface area contributed by atoms with Crippen LogP contribution in [0, 0.1) is 11.3 Å². The summed E-state index contributed by atoms with van der Waals surface area (Å²) in [6.07, 6.45) is 2.28. The quantitative estimate of drug-likeness (QED) is 0.700. The lowest BCUT2D eigenvalue weighted by molar-refractivity contribution is 0.590. The maximum absolute atomic E-state index is 8.76. The fraction of sp³-hybridized carbons (Fsp3) is 0.364. The van der Waals surface area contributed by atoms with Gasteiger partial charge in [-0.2, -0.15) is 5.26 Å². The smallest absolute Gasteiger partial charge is 0.0991 e. The molecule has 1 aliphatic rings. The SMILES string of the molecule is CNC1CCc2ccc(C#N)cc21. The van der Waals surface area contributed by atoms with Crippen molar-refractivity contribution in [1.29, 1.82) is 5.26 Å². The van der Waals surface area contributed by atoms with E-state index in [2.05, 4.69) is 17.5 Å². The predicted octanol–water partition coefficient (Wildman–Crippen LogP) is 1.76. The van der Waals surface area contributed by atoms with Crippen molar-refractivity contribution in [2.45, 2.75) is 18.9 Å². The average molecular weight is 172 g/mol. The van der Waals surface area contributed by atoms with E-state index in [1.165, 1.54) is 11.1 Å². The molecule has 0 radical (unpaired) electrons. The summed E-state index contributed by atoms with van der Waals surface area (Å²) in [6.45, 7) is 0. The second-order valence-corrected chi connectivity index (χ2v) is 3.41. The fourth-order valence-corrected chi connectivity index (χ4v) is 1.97. The second-order valence-electron chi connectivity index (χ2n) is 3.41. The largest absolute Gasteiger partial charge is 0.313 e. The molecule has 13 heavy (non-hydrogen) atoms. The third-order valence-electron chi connectivity index (χ3n) is 2.70. The first-order valence-electron chi connectivity index (χ1n) is 4.55. The highest BCUT2D eigenvalue weighted by Crippen LogP contribution is 2.31. The molecule has 1 aliphatic carbocycles. The third kappa shape index (κ3) is 1.32. The van der Waals surface area contributed by atoms with Crippen molar-refractivity contribution in [3.05, 3.63) is 34.9 Å². The number of hydrogen-bond acceptors (Lipinski definition) is 2. The molecule has 1 aromatic carbocycles. The van der Waals surface area contributed by atoms with Crippen molar-refractivity contribution in [2.24, 2.45) is 0 Å². The van der Waals surface area contributed by atoms with Gasteiger partial charge in [-0.05, 0) is 43.1 Å². The van der Waals surface area contributed by atoms with E-state index < -0.39 is 0 Å². The van der Waals surface area contributed by atoms with Gasteiger partial charge < -0.3 is 5.32 Å². The van der Waals surface area contributed by atoms with Gasteiger partial charge in [0.2, 0.25) is 0 Å². The molecule has 0 heterocycles. The Bertz CT molecular complexity index is 363. The third-order valence-corrected chi connectivity index (χ3v) is 2.70. The number of hydrogen-bond donors (Lipinski definition) is 1. The maximum Gasteiger partial charge on any atom is 0.0991 e. The molecule has 0 bridgehead atoms. The molecule has 0 saturated carbocycles. The molecule has 66 valence electrons. The van der Waals surface area contributed by atoms with E-state index in [9.17, 15) is 0 Å². The van der Waals surface area contributed by atoms with E-state index in [0.29, 0.717) is 6.04 Å². The van der Waals surface area contributed by atoms with E-state index in [0.717, 1.165) is 18.4 Å². The van der Waals surface area contributed by atoms with Crippen LogP contribution in [0.5, 0.6) is 0 Å². The lowest BCUT2D eigenvalue weighted by atomic mass is 10.1. The van der Waals surface area contributed by atoms with E-state index in [-0.39, 0.29) is 0 Å². The van der Waals surface area contributed by atoms with Gasteiger partial charge in [-0.1, -0.05) is 6.07 Å². The van der Waals surface area contributed by atoms with Crippen LogP contribution in [-0.2, 0) is 6.42 Å². The van der Waals surface area contributed by atoms with Crippen LogP contribution in [0.25, 0.3) is 0 Å². The summed E-state index contributed by atoms with van der Waals surface area (Å²) in [4.78, 5) is 0. The summed E-state index contributed by atoms with van der Waals surface area (Å²) in [6, 6.07) is 8.60. The molecule has 0 saturated heterocycles. The summed E-state index contributed by atoms with van der Waals surface area (Å²) in [5.74, 6) is 0. The monoisotopic (exact) mass is 172 g/mol. The number of nitriles is 1. The van der Waals surface area contributed by atoms with Gasteiger partial charge in [0.05, 0.1) is 11.6 Å². The topological polar surface area (TPSA) is 35.8 Å². The lowest BCUT2D eigenvalue weighted by Crippen LogP contribution is -2.12. The first-order valence-corrected chi connectivity index (χ1v) is 4.55. The van der Waals surface area contributed by atoms with Gasteiger partial charge in [-0.25, -0.2) is 0 Å². The Balaban J connectivity index is 2.44. The molecule has 2 heteroatoms. The highest BCUT2D eigenvalue weighted by Gasteiger charge is 2.20. The second kappa shape index (κ2) is 3.20. The molecule has 0 aromatic heterocycles. The van der Waals surface area contributed by atoms with Crippen molar-refractivity contribution < 1.29 is 0 Å². The molecular weight excluding hydrogens is 160 g/mol. The van der Waals surface area contributed by atoms with Crippen molar-refractivity contribution in [3.8, 4) is 6.07 Å². The summed E-state index contributed by atoms with van der Waals surface area (Å²) >= 11 is 0.